The number of hydrogen-bond acceptors (Lipinski definition) is 6. The Labute approximate surface area is 226 Å². The average molecular weight is 551 g/mol. The van der Waals surface area contributed by atoms with E-state index in [2.05, 4.69) is 15.6 Å². The Morgan fingerprint density at radius 3 is 2.56 bits per heavy atom. The summed E-state index contributed by atoms with van der Waals surface area (Å²) < 4.78 is 35.4. The first-order chi connectivity index (χ1) is 18.7. The monoisotopic (exact) mass is 550 g/mol. The summed E-state index contributed by atoms with van der Waals surface area (Å²) in [6.07, 6.45) is 8.75. The number of methoxy groups -OCH3 is 1. The summed E-state index contributed by atoms with van der Waals surface area (Å²) >= 11 is 0. The molecule has 0 spiro atoms. The lowest BCUT2D eigenvalue weighted by Crippen LogP contribution is -2.35. The Morgan fingerprint density at radius 1 is 1.10 bits per heavy atom. The molecule has 0 saturated heterocycles. The third-order valence-electron chi connectivity index (χ3n) is 6.00. The molecule has 2 aromatic carbocycles. The molecule has 12 heteroatoms. The Hall–Kier alpha value is -4.42. The number of aryl methyl sites for hydroxylation is 1. The standard InChI is InChI=1S/C27H30N6O5S/c1-31(2)39(36,37)33-18-20(21-9-4-6-11-24(21)33)17-23(27(35)29-13-8-15-32-16-14-28-19-32)30-26(34)22-10-5-7-12-25(22)38-3/h4-7,9-12,14,16-19H,8,13,15H2,1-3H3,(H,29,35)(H,30,34)/b23-17-. The highest BCUT2D eigenvalue weighted by molar-refractivity contribution is 7.87. The van der Waals surface area contributed by atoms with E-state index in [0.717, 1.165) is 8.28 Å². The van der Waals surface area contributed by atoms with Gasteiger partial charge >= 0.3 is 10.2 Å². The minimum absolute atomic E-state index is 0.0429. The number of ether oxygens (including phenoxy) is 1. The molecular formula is C27H30N6O5S. The molecule has 0 unspecified atom stereocenters. The second-order valence-electron chi connectivity index (χ2n) is 8.81. The highest BCUT2D eigenvalue weighted by Gasteiger charge is 2.22. The highest BCUT2D eigenvalue weighted by Crippen LogP contribution is 2.26. The van der Waals surface area contributed by atoms with Gasteiger partial charge in [0.2, 0.25) is 0 Å². The van der Waals surface area contributed by atoms with E-state index in [9.17, 15) is 18.0 Å². The van der Waals surface area contributed by atoms with Crippen LogP contribution in [0.5, 0.6) is 5.75 Å². The van der Waals surface area contributed by atoms with Crippen molar-refractivity contribution in [3.63, 3.8) is 0 Å². The van der Waals surface area contributed by atoms with Crippen LogP contribution in [0.25, 0.3) is 17.0 Å². The highest BCUT2D eigenvalue weighted by atomic mass is 32.2. The van der Waals surface area contributed by atoms with Gasteiger partial charge in [0.25, 0.3) is 11.8 Å². The molecule has 2 heterocycles. The fourth-order valence-electron chi connectivity index (χ4n) is 3.97. The maximum atomic E-state index is 13.3. The van der Waals surface area contributed by atoms with Gasteiger partial charge in [0, 0.05) is 56.7 Å². The van der Waals surface area contributed by atoms with Gasteiger partial charge in [-0.3, -0.25) is 9.59 Å². The van der Waals surface area contributed by atoms with Crippen molar-refractivity contribution in [2.75, 3.05) is 27.7 Å². The van der Waals surface area contributed by atoms with Crippen molar-refractivity contribution in [1.29, 1.82) is 0 Å². The molecule has 0 atom stereocenters. The molecule has 0 fully saturated rings. The molecule has 0 bridgehead atoms. The van der Waals surface area contributed by atoms with Gasteiger partial charge in [-0.2, -0.15) is 12.7 Å². The van der Waals surface area contributed by atoms with Crippen molar-refractivity contribution >= 4 is 39.0 Å². The number of nitrogens with one attached hydrogen (secondary N) is 2. The lowest BCUT2D eigenvalue weighted by Gasteiger charge is -2.13. The largest absolute Gasteiger partial charge is 0.496 e. The van der Waals surface area contributed by atoms with E-state index < -0.39 is 22.0 Å². The summed E-state index contributed by atoms with van der Waals surface area (Å²) in [6.45, 7) is 0.998. The van der Waals surface area contributed by atoms with Crippen LogP contribution in [-0.2, 0) is 21.5 Å². The second-order valence-corrected chi connectivity index (χ2v) is 10.8. The van der Waals surface area contributed by atoms with Crippen LogP contribution in [0.15, 0.2) is 79.1 Å². The first kappa shape index (κ1) is 27.6. The third kappa shape index (κ3) is 6.19. The van der Waals surface area contributed by atoms with Crippen LogP contribution in [0.4, 0.5) is 0 Å². The minimum atomic E-state index is -3.84. The summed E-state index contributed by atoms with van der Waals surface area (Å²) in [7, 11) is 0.491. The number of carbonyl (C=O) groups excluding carboxylic acids is 2. The van der Waals surface area contributed by atoms with Crippen LogP contribution in [0.1, 0.15) is 22.3 Å². The van der Waals surface area contributed by atoms with Crippen molar-refractivity contribution in [3.8, 4) is 5.75 Å². The number of nitrogens with zero attached hydrogens (tertiary/aromatic N) is 4. The topological polar surface area (TPSA) is 128 Å². The van der Waals surface area contributed by atoms with Crippen LogP contribution in [0.3, 0.4) is 0 Å². The molecule has 2 aromatic heterocycles. The van der Waals surface area contributed by atoms with Crippen molar-refractivity contribution in [2.45, 2.75) is 13.0 Å². The van der Waals surface area contributed by atoms with Gasteiger partial charge < -0.3 is 19.9 Å². The van der Waals surface area contributed by atoms with E-state index in [4.69, 9.17) is 4.74 Å². The van der Waals surface area contributed by atoms with Gasteiger partial charge in [0.15, 0.2) is 0 Å². The van der Waals surface area contributed by atoms with Gasteiger partial charge in [-0.05, 0) is 30.7 Å². The van der Waals surface area contributed by atoms with E-state index in [1.807, 2.05) is 10.8 Å². The molecule has 0 aliphatic rings. The van der Waals surface area contributed by atoms with Crippen molar-refractivity contribution < 1.29 is 22.7 Å². The van der Waals surface area contributed by atoms with Gasteiger partial charge in [-0.25, -0.2) is 8.96 Å². The van der Waals surface area contributed by atoms with Gasteiger partial charge in [0.05, 0.1) is 24.5 Å². The second kappa shape index (κ2) is 12.0. The fourth-order valence-corrected chi connectivity index (χ4v) is 4.98. The van der Waals surface area contributed by atoms with Crippen LogP contribution in [0.2, 0.25) is 0 Å². The zero-order valence-corrected chi connectivity index (χ0v) is 22.7. The van der Waals surface area contributed by atoms with E-state index in [1.165, 1.54) is 33.5 Å². The van der Waals surface area contributed by atoms with Crippen molar-refractivity contribution in [3.05, 3.63) is 90.3 Å². The average Bonchev–Trinajstić information content (AvgIpc) is 3.59. The first-order valence-electron chi connectivity index (χ1n) is 12.2. The fraction of sp³-hybridized carbons (Fsp3) is 0.222. The number of rotatable bonds is 11. The number of aromatic nitrogens is 3. The van der Waals surface area contributed by atoms with Crippen LogP contribution in [-0.4, -0.2) is 65.8 Å². The van der Waals surface area contributed by atoms with Crippen LogP contribution >= 0.6 is 0 Å². The molecule has 39 heavy (non-hydrogen) atoms. The number of hydrogen-bond donors (Lipinski definition) is 2. The molecule has 204 valence electrons. The lowest BCUT2D eigenvalue weighted by molar-refractivity contribution is -0.117. The van der Waals surface area contributed by atoms with E-state index in [-0.39, 0.29) is 11.3 Å². The maximum absolute atomic E-state index is 13.3. The molecule has 2 N–H and O–H groups in total. The molecule has 0 aliphatic carbocycles. The number of benzene rings is 2. The Balaban J connectivity index is 1.69. The van der Waals surface area contributed by atoms with Gasteiger partial charge in [0.1, 0.15) is 11.4 Å². The zero-order chi connectivity index (χ0) is 28.0. The Bertz CT molecular complexity index is 1610. The quantitative estimate of drug-likeness (QED) is 0.218. The van der Waals surface area contributed by atoms with Crippen molar-refractivity contribution in [1.82, 2.24) is 28.5 Å². The molecule has 0 radical (unpaired) electrons. The minimum Gasteiger partial charge on any atom is -0.496 e. The van der Waals surface area contributed by atoms with Gasteiger partial charge in [-0.1, -0.05) is 30.3 Å². The Morgan fingerprint density at radius 2 is 1.85 bits per heavy atom. The number of para-hydroxylation sites is 2. The molecule has 4 rings (SSSR count). The van der Waals surface area contributed by atoms with Crippen molar-refractivity contribution in [2.24, 2.45) is 0 Å². The summed E-state index contributed by atoms with van der Waals surface area (Å²) in [4.78, 5) is 30.5. The zero-order valence-electron chi connectivity index (χ0n) is 21.9. The number of imidazole rings is 1. The molecular weight excluding hydrogens is 520 g/mol. The van der Waals surface area contributed by atoms with Crippen LogP contribution in [0, 0.1) is 0 Å². The van der Waals surface area contributed by atoms with E-state index in [1.54, 1.807) is 61.1 Å². The molecule has 0 saturated carbocycles. The Kier molecular flexibility index (Phi) is 8.47. The first-order valence-corrected chi connectivity index (χ1v) is 13.5. The van der Waals surface area contributed by atoms with E-state index in [0.29, 0.717) is 41.7 Å². The predicted octanol–water partition coefficient (Wildman–Crippen LogP) is 2.48. The lowest BCUT2D eigenvalue weighted by atomic mass is 10.1. The molecule has 11 nitrogen and oxygen atoms in total. The predicted molar refractivity (Wildman–Crippen MR) is 148 cm³/mol. The SMILES string of the molecule is COc1ccccc1C(=O)N/C(=C\c1cn(S(=O)(=O)N(C)C)c2ccccc12)C(=O)NCCCn1ccnc1. The number of amides is 2. The third-order valence-corrected chi connectivity index (χ3v) is 7.72. The summed E-state index contributed by atoms with van der Waals surface area (Å²) in [6, 6.07) is 13.6. The maximum Gasteiger partial charge on any atom is 0.307 e. The molecule has 4 aromatic rings. The van der Waals surface area contributed by atoms with Gasteiger partial charge in [-0.15, -0.1) is 0 Å². The molecule has 0 aliphatic heterocycles. The van der Waals surface area contributed by atoms with E-state index >= 15 is 0 Å². The number of fused-ring (bicyclic) bond motifs is 1. The smallest absolute Gasteiger partial charge is 0.307 e. The summed E-state index contributed by atoms with van der Waals surface area (Å²) in [5.74, 6) is -0.711. The summed E-state index contributed by atoms with van der Waals surface area (Å²) in [5.41, 5.74) is 1.09. The number of carbonyl (C=O) groups is 2. The summed E-state index contributed by atoms with van der Waals surface area (Å²) in [5, 5.41) is 6.12. The van der Waals surface area contributed by atoms with Crippen LogP contribution < -0.4 is 15.4 Å². The molecule has 2 amide bonds. The normalized spacial score (nSPS) is 12.1.